The van der Waals surface area contributed by atoms with Crippen LogP contribution in [0.4, 0.5) is 4.39 Å². The Morgan fingerprint density at radius 1 is 1.28 bits per heavy atom. The molecule has 1 aliphatic rings. The zero-order chi connectivity index (χ0) is 17.8. The van der Waals surface area contributed by atoms with Gasteiger partial charge < -0.3 is 14.2 Å². The van der Waals surface area contributed by atoms with Crippen molar-refractivity contribution in [3.05, 3.63) is 41.8 Å². The third-order valence-electron chi connectivity index (χ3n) is 4.38. The summed E-state index contributed by atoms with van der Waals surface area (Å²) in [4.78, 5) is 14.1. The van der Waals surface area contributed by atoms with Gasteiger partial charge in [-0.1, -0.05) is 19.0 Å². The van der Waals surface area contributed by atoms with E-state index in [0.717, 1.165) is 25.1 Å². The minimum absolute atomic E-state index is 0.0145. The lowest BCUT2D eigenvalue weighted by Crippen LogP contribution is -2.44. The molecule has 1 amide bonds. The fourth-order valence-corrected chi connectivity index (χ4v) is 3.33. The number of aromatic nitrogens is 1. The molecule has 1 aliphatic heterocycles. The van der Waals surface area contributed by atoms with Gasteiger partial charge in [-0.15, -0.1) is 0 Å². The predicted molar refractivity (Wildman–Crippen MR) is 91.1 cm³/mol. The third kappa shape index (κ3) is 4.66. The maximum atomic E-state index is 12.9. The zero-order valence-electron chi connectivity index (χ0n) is 14.6. The number of carbonyl (C=O) groups is 1. The van der Waals surface area contributed by atoms with Gasteiger partial charge in [0.2, 0.25) is 5.91 Å². The third-order valence-corrected chi connectivity index (χ3v) is 4.38. The Morgan fingerprint density at radius 3 is 2.64 bits per heavy atom. The standard InChI is InChI=1S/C19H23FN2O3/c1-13-7-14(2)10-22(9-13)19(23)12-24-11-17-8-18(25-21-17)15-3-5-16(20)6-4-15/h3-6,8,13-14H,7,9-12H2,1-2H3/t13-,14-/m0/s1. The lowest BCUT2D eigenvalue weighted by atomic mass is 9.92. The predicted octanol–water partition coefficient (Wildman–Crippen LogP) is 3.50. The van der Waals surface area contributed by atoms with Crippen LogP contribution in [0.3, 0.4) is 0 Å². The average Bonchev–Trinajstić information content (AvgIpc) is 3.03. The highest BCUT2D eigenvalue weighted by Gasteiger charge is 2.25. The Balaban J connectivity index is 1.49. The van der Waals surface area contributed by atoms with E-state index in [1.165, 1.54) is 12.1 Å². The summed E-state index contributed by atoms with van der Waals surface area (Å²) in [6.45, 7) is 6.18. The van der Waals surface area contributed by atoms with Crippen LogP contribution in [-0.2, 0) is 16.1 Å². The number of carbonyl (C=O) groups excluding carboxylic acids is 1. The molecule has 1 fully saturated rings. The van der Waals surface area contributed by atoms with Crippen LogP contribution in [-0.4, -0.2) is 35.7 Å². The maximum absolute atomic E-state index is 12.9. The number of likely N-dealkylation sites (tertiary alicyclic amines) is 1. The van der Waals surface area contributed by atoms with Crippen molar-refractivity contribution in [2.75, 3.05) is 19.7 Å². The number of benzene rings is 1. The van der Waals surface area contributed by atoms with Crippen molar-refractivity contribution < 1.29 is 18.4 Å². The molecule has 0 unspecified atom stereocenters. The minimum Gasteiger partial charge on any atom is -0.365 e. The molecule has 1 aromatic heterocycles. The molecule has 0 N–H and O–H groups in total. The number of hydrogen-bond donors (Lipinski definition) is 0. The van der Waals surface area contributed by atoms with Gasteiger partial charge in [0, 0.05) is 24.7 Å². The molecule has 2 aromatic rings. The Hall–Kier alpha value is -2.21. The topological polar surface area (TPSA) is 55.6 Å². The van der Waals surface area contributed by atoms with Gasteiger partial charge in [-0.05, 0) is 42.5 Å². The van der Waals surface area contributed by atoms with Crippen LogP contribution >= 0.6 is 0 Å². The van der Waals surface area contributed by atoms with Crippen molar-refractivity contribution in [3.8, 4) is 11.3 Å². The van der Waals surface area contributed by atoms with Gasteiger partial charge in [0.25, 0.3) is 0 Å². The number of piperidine rings is 1. The largest absolute Gasteiger partial charge is 0.365 e. The molecule has 0 saturated carbocycles. The highest BCUT2D eigenvalue weighted by molar-refractivity contribution is 5.77. The van der Waals surface area contributed by atoms with Crippen molar-refractivity contribution in [2.24, 2.45) is 11.8 Å². The summed E-state index contributed by atoms with van der Waals surface area (Å²) >= 11 is 0. The van der Waals surface area contributed by atoms with Gasteiger partial charge in [0.1, 0.15) is 18.1 Å². The van der Waals surface area contributed by atoms with Crippen LogP contribution in [0.2, 0.25) is 0 Å². The minimum atomic E-state index is -0.299. The Kier molecular flexibility index (Phi) is 5.48. The molecule has 25 heavy (non-hydrogen) atoms. The van der Waals surface area contributed by atoms with E-state index in [1.807, 2.05) is 4.90 Å². The fraction of sp³-hybridized carbons (Fsp3) is 0.474. The summed E-state index contributed by atoms with van der Waals surface area (Å²) in [5, 5.41) is 3.93. The normalized spacial score (nSPS) is 20.7. The Bertz CT molecular complexity index is 704. The van der Waals surface area contributed by atoms with Crippen molar-refractivity contribution in [1.82, 2.24) is 10.1 Å². The molecule has 5 nitrogen and oxygen atoms in total. The maximum Gasteiger partial charge on any atom is 0.248 e. The highest BCUT2D eigenvalue weighted by Crippen LogP contribution is 2.22. The SMILES string of the molecule is C[C@H]1C[C@H](C)CN(C(=O)COCc2cc(-c3ccc(F)cc3)on2)C1. The summed E-state index contributed by atoms with van der Waals surface area (Å²) in [5.41, 5.74) is 1.35. The van der Waals surface area contributed by atoms with E-state index in [-0.39, 0.29) is 24.9 Å². The van der Waals surface area contributed by atoms with Crippen molar-refractivity contribution in [2.45, 2.75) is 26.9 Å². The van der Waals surface area contributed by atoms with Crippen molar-refractivity contribution in [3.63, 3.8) is 0 Å². The number of nitrogens with zero attached hydrogens (tertiary/aromatic N) is 2. The van der Waals surface area contributed by atoms with Crippen LogP contribution in [0.5, 0.6) is 0 Å². The molecule has 1 aromatic carbocycles. The summed E-state index contributed by atoms with van der Waals surface area (Å²) in [5.74, 6) is 1.32. The fourth-order valence-electron chi connectivity index (χ4n) is 3.33. The molecular weight excluding hydrogens is 323 g/mol. The first-order chi connectivity index (χ1) is 12.0. The van der Waals surface area contributed by atoms with E-state index in [1.54, 1.807) is 18.2 Å². The molecule has 0 radical (unpaired) electrons. The van der Waals surface area contributed by atoms with Crippen LogP contribution in [0, 0.1) is 17.7 Å². The molecule has 6 heteroatoms. The lowest BCUT2D eigenvalue weighted by Gasteiger charge is -2.34. The second-order valence-corrected chi connectivity index (χ2v) is 6.93. The van der Waals surface area contributed by atoms with E-state index < -0.39 is 0 Å². The number of rotatable bonds is 5. The second kappa shape index (κ2) is 7.78. The summed E-state index contributed by atoms with van der Waals surface area (Å²) in [6.07, 6.45) is 1.16. The number of hydrogen-bond acceptors (Lipinski definition) is 4. The number of halogens is 1. The molecule has 0 spiro atoms. The molecular formula is C19H23FN2O3. The summed E-state index contributed by atoms with van der Waals surface area (Å²) < 4.78 is 23.7. The van der Waals surface area contributed by atoms with E-state index in [2.05, 4.69) is 19.0 Å². The monoisotopic (exact) mass is 346 g/mol. The van der Waals surface area contributed by atoms with E-state index in [4.69, 9.17) is 9.26 Å². The van der Waals surface area contributed by atoms with E-state index >= 15 is 0 Å². The van der Waals surface area contributed by atoms with Crippen LogP contribution in [0.15, 0.2) is 34.9 Å². The summed E-state index contributed by atoms with van der Waals surface area (Å²) in [6, 6.07) is 7.73. The van der Waals surface area contributed by atoms with Gasteiger partial charge in [0.05, 0.1) is 6.61 Å². The molecule has 0 aliphatic carbocycles. The van der Waals surface area contributed by atoms with Crippen molar-refractivity contribution in [1.29, 1.82) is 0 Å². The van der Waals surface area contributed by atoms with Gasteiger partial charge in [0.15, 0.2) is 5.76 Å². The van der Waals surface area contributed by atoms with Crippen molar-refractivity contribution >= 4 is 5.91 Å². The zero-order valence-corrected chi connectivity index (χ0v) is 14.6. The van der Waals surface area contributed by atoms with Gasteiger partial charge >= 0.3 is 0 Å². The lowest BCUT2D eigenvalue weighted by molar-refractivity contribution is -0.139. The molecule has 2 heterocycles. The molecule has 2 atom stereocenters. The molecule has 0 bridgehead atoms. The second-order valence-electron chi connectivity index (χ2n) is 6.93. The first-order valence-electron chi connectivity index (χ1n) is 8.58. The molecule has 3 rings (SSSR count). The first kappa shape index (κ1) is 17.6. The Morgan fingerprint density at radius 2 is 1.96 bits per heavy atom. The highest BCUT2D eigenvalue weighted by atomic mass is 19.1. The molecule has 1 saturated heterocycles. The number of amides is 1. The van der Waals surface area contributed by atoms with Crippen LogP contribution in [0.1, 0.15) is 26.0 Å². The Labute approximate surface area is 146 Å². The number of ether oxygens (including phenoxy) is 1. The van der Waals surface area contributed by atoms with Crippen LogP contribution in [0.25, 0.3) is 11.3 Å². The van der Waals surface area contributed by atoms with Gasteiger partial charge in [-0.25, -0.2) is 4.39 Å². The summed E-state index contributed by atoms with van der Waals surface area (Å²) in [7, 11) is 0. The van der Waals surface area contributed by atoms with Crippen LogP contribution < -0.4 is 0 Å². The quantitative estimate of drug-likeness (QED) is 0.831. The smallest absolute Gasteiger partial charge is 0.248 e. The average molecular weight is 346 g/mol. The van der Waals surface area contributed by atoms with Gasteiger partial charge in [-0.2, -0.15) is 0 Å². The van der Waals surface area contributed by atoms with E-state index in [9.17, 15) is 9.18 Å². The first-order valence-corrected chi connectivity index (χ1v) is 8.58. The molecule has 134 valence electrons. The van der Waals surface area contributed by atoms with Gasteiger partial charge in [-0.3, -0.25) is 4.79 Å². The van der Waals surface area contributed by atoms with E-state index in [0.29, 0.717) is 23.3 Å².